The lowest BCUT2D eigenvalue weighted by molar-refractivity contribution is -0.153. The van der Waals surface area contributed by atoms with Gasteiger partial charge < -0.3 is 33.5 Å². The largest absolute Gasteiger partial charge is 0.470 e. The number of ether oxygens (including phenoxy) is 3. The van der Waals surface area contributed by atoms with E-state index in [2.05, 4.69) is 15.5 Å². The van der Waals surface area contributed by atoms with Crippen LogP contribution in [0.3, 0.4) is 0 Å². The maximum absolute atomic E-state index is 13.9. The van der Waals surface area contributed by atoms with Gasteiger partial charge in [-0.05, 0) is 69.3 Å². The Bertz CT molecular complexity index is 1300. The molecule has 1 saturated heterocycles. The average molecular weight is 582 g/mol. The summed E-state index contributed by atoms with van der Waals surface area (Å²) in [5.41, 5.74) is 1.98. The highest BCUT2D eigenvalue weighted by Crippen LogP contribution is 2.32. The highest BCUT2D eigenvalue weighted by molar-refractivity contribution is 5.91. The van der Waals surface area contributed by atoms with Crippen molar-refractivity contribution < 1.29 is 28.3 Å². The molecule has 1 aromatic carbocycles. The van der Waals surface area contributed by atoms with E-state index in [1.807, 2.05) is 76.6 Å². The van der Waals surface area contributed by atoms with Gasteiger partial charge in [-0.15, -0.1) is 0 Å². The zero-order valence-corrected chi connectivity index (χ0v) is 25.4. The fourth-order valence-corrected chi connectivity index (χ4v) is 5.34. The molecule has 3 aromatic rings. The van der Waals surface area contributed by atoms with Crippen LogP contribution in [0.1, 0.15) is 76.6 Å². The number of benzene rings is 1. The third kappa shape index (κ3) is 7.38. The molecule has 1 fully saturated rings. The molecule has 11 heteroatoms. The Balaban J connectivity index is 1.40. The first-order chi connectivity index (χ1) is 20.2. The van der Waals surface area contributed by atoms with Crippen molar-refractivity contribution in [2.24, 2.45) is 5.92 Å². The minimum atomic E-state index is -0.602. The number of likely N-dealkylation sites (tertiary alicyclic amines) is 1. The first-order valence-electron chi connectivity index (χ1n) is 14.8. The number of amides is 2. The van der Waals surface area contributed by atoms with E-state index in [1.165, 1.54) is 0 Å². The molecule has 0 radical (unpaired) electrons. The summed E-state index contributed by atoms with van der Waals surface area (Å²) in [6, 6.07) is 8.88. The van der Waals surface area contributed by atoms with Crippen LogP contribution >= 0.6 is 0 Å². The molecule has 1 aliphatic rings. The Hall–Kier alpha value is -3.70. The van der Waals surface area contributed by atoms with Crippen molar-refractivity contribution in [3.05, 3.63) is 59.9 Å². The number of carbonyl (C=O) groups is 2. The maximum atomic E-state index is 13.9. The zero-order chi connectivity index (χ0) is 30.2. The van der Waals surface area contributed by atoms with Crippen molar-refractivity contribution in [3.63, 3.8) is 0 Å². The smallest absolute Gasteiger partial charge is 0.254 e. The molecule has 1 unspecified atom stereocenters. The predicted molar refractivity (Wildman–Crippen MR) is 156 cm³/mol. The maximum Gasteiger partial charge on any atom is 0.254 e. The van der Waals surface area contributed by atoms with Crippen molar-refractivity contribution in [3.8, 4) is 11.6 Å². The summed E-state index contributed by atoms with van der Waals surface area (Å²) >= 11 is 0. The van der Waals surface area contributed by atoms with Crippen LogP contribution in [0.25, 0.3) is 5.69 Å². The molecule has 1 aliphatic heterocycles. The van der Waals surface area contributed by atoms with E-state index in [-0.39, 0.29) is 36.3 Å². The second-order valence-electron chi connectivity index (χ2n) is 10.8. The minimum Gasteiger partial charge on any atom is -0.470 e. The van der Waals surface area contributed by atoms with Crippen LogP contribution in [0.5, 0.6) is 5.88 Å². The highest BCUT2D eigenvalue weighted by atomic mass is 16.7. The summed E-state index contributed by atoms with van der Waals surface area (Å²) in [4.78, 5) is 33.2. The van der Waals surface area contributed by atoms with E-state index >= 15 is 0 Å². The van der Waals surface area contributed by atoms with Gasteiger partial charge in [-0.3, -0.25) is 9.59 Å². The molecule has 0 bridgehead atoms. The number of nitrogens with zero attached hydrogens (tertiary/aromatic N) is 4. The molecule has 0 saturated carbocycles. The van der Waals surface area contributed by atoms with Gasteiger partial charge in [-0.2, -0.15) is 0 Å². The summed E-state index contributed by atoms with van der Waals surface area (Å²) in [7, 11) is 0. The van der Waals surface area contributed by atoms with E-state index in [0.717, 1.165) is 23.5 Å². The highest BCUT2D eigenvalue weighted by Gasteiger charge is 2.40. The zero-order valence-electron chi connectivity index (χ0n) is 25.4. The standard InChI is InChI=1S/C31H43N5O6/c1-7-39-28(40-8-2)19-41-27-18-26(42-34-27)29(20(3)4)31(38)36-16-9-10-25(36)30(37)33-21(5)23-11-13-24(14-12-23)35-17-15-32-22(35)6/h11-15,17-18,20-21,25,28-29H,7-10,16,19H2,1-6H3,(H,33,37)/t21?,25-,29+/m0/s1. The molecule has 42 heavy (non-hydrogen) atoms. The Kier molecular flexibility index (Phi) is 10.8. The first kappa shape index (κ1) is 31.2. The summed E-state index contributed by atoms with van der Waals surface area (Å²) in [5, 5.41) is 7.13. The van der Waals surface area contributed by atoms with Crippen LogP contribution in [0.2, 0.25) is 0 Å². The number of nitrogens with one attached hydrogen (secondary N) is 1. The molecule has 2 aromatic heterocycles. The Morgan fingerprint density at radius 1 is 1.12 bits per heavy atom. The molecule has 0 aliphatic carbocycles. The Morgan fingerprint density at radius 3 is 2.45 bits per heavy atom. The summed E-state index contributed by atoms with van der Waals surface area (Å²) in [6.45, 7) is 13.2. The summed E-state index contributed by atoms with van der Waals surface area (Å²) in [6.07, 6.45) is 4.52. The van der Waals surface area contributed by atoms with Crippen molar-refractivity contribution in [1.82, 2.24) is 24.9 Å². The lowest BCUT2D eigenvalue weighted by atomic mass is 9.91. The molecule has 11 nitrogen and oxygen atoms in total. The van der Waals surface area contributed by atoms with Gasteiger partial charge >= 0.3 is 0 Å². The van der Waals surface area contributed by atoms with Gasteiger partial charge in [0.05, 0.1) is 6.04 Å². The minimum absolute atomic E-state index is 0.0845. The van der Waals surface area contributed by atoms with Crippen molar-refractivity contribution in [2.75, 3.05) is 26.4 Å². The van der Waals surface area contributed by atoms with E-state index in [1.54, 1.807) is 17.2 Å². The lowest BCUT2D eigenvalue weighted by Crippen LogP contribution is -2.48. The number of carbonyl (C=O) groups excluding carboxylic acids is 2. The number of imidazole rings is 1. The van der Waals surface area contributed by atoms with Crippen LogP contribution < -0.4 is 10.1 Å². The van der Waals surface area contributed by atoms with Gasteiger partial charge in [0, 0.05) is 43.9 Å². The van der Waals surface area contributed by atoms with Crippen LogP contribution in [0, 0.1) is 12.8 Å². The number of hydrogen-bond donors (Lipinski definition) is 1. The van der Waals surface area contributed by atoms with Gasteiger partial charge in [0.15, 0.2) is 12.1 Å². The molecule has 3 atom stereocenters. The molecular weight excluding hydrogens is 538 g/mol. The third-order valence-corrected chi connectivity index (χ3v) is 7.51. The fourth-order valence-electron chi connectivity index (χ4n) is 5.34. The topological polar surface area (TPSA) is 121 Å². The molecular formula is C31H43N5O6. The first-order valence-corrected chi connectivity index (χ1v) is 14.8. The van der Waals surface area contributed by atoms with Gasteiger partial charge in [0.25, 0.3) is 5.88 Å². The van der Waals surface area contributed by atoms with Crippen molar-refractivity contribution >= 4 is 11.8 Å². The van der Waals surface area contributed by atoms with Gasteiger partial charge in [0.1, 0.15) is 24.4 Å². The van der Waals surface area contributed by atoms with E-state index < -0.39 is 18.2 Å². The molecule has 4 rings (SSSR count). The fraction of sp³-hybridized carbons (Fsp3) is 0.548. The van der Waals surface area contributed by atoms with E-state index in [0.29, 0.717) is 31.9 Å². The lowest BCUT2D eigenvalue weighted by Gasteiger charge is -2.29. The Labute approximate surface area is 247 Å². The molecule has 2 amide bonds. The number of aromatic nitrogens is 3. The predicted octanol–water partition coefficient (Wildman–Crippen LogP) is 4.55. The van der Waals surface area contributed by atoms with Crippen LogP contribution in [0.4, 0.5) is 0 Å². The molecule has 228 valence electrons. The second-order valence-corrected chi connectivity index (χ2v) is 10.8. The van der Waals surface area contributed by atoms with E-state index in [4.69, 9.17) is 18.7 Å². The quantitative estimate of drug-likeness (QED) is 0.275. The van der Waals surface area contributed by atoms with Gasteiger partial charge in [-0.1, -0.05) is 26.0 Å². The van der Waals surface area contributed by atoms with Crippen LogP contribution in [-0.4, -0.2) is 70.1 Å². The average Bonchev–Trinajstić information content (AvgIpc) is 3.73. The van der Waals surface area contributed by atoms with Gasteiger partial charge in [0.2, 0.25) is 11.8 Å². The number of rotatable bonds is 14. The van der Waals surface area contributed by atoms with Crippen LogP contribution in [0.15, 0.2) is 47.2 Å². The van der Waals surface area contributed by atoms with E-state index in [9.17, 15) is 9.59 Å². The number of aryl methyl sites for hydroxylation is 1. The van der Waals surface area contributed by atoms with Gasteiger partial charge in [-0.25, -0.2) is 4.98 Å². The summed E-state index contributed by atoms with van der Waals surface area (Å²) < 4.78 is 24.3. The van der Waals surface area contributed by atoms with Crippen molar-refractivity contribution in [2.45, 2.75) is 78.7 Å². The SMILES string of the molecule is CCOC(COc1cc([C@H](C(=O)N2CCC[C@H]2C(=O)NC(C)c2ccc(-n3ccnc3C)cc2)C(C)C)on1)OCC. The Morgan fingerprint density at radius 2 is 1.83 bits per heavy atom. The third-order valence-electron chi connectivity index (χ3n) is 7.51. The van der Waals surface area contributed by atoms with Crippen molar-refractivity contribution in [1.29, 1.82) is 0 Å². The molecule has 0 spiro atoms. The number of hydrogen-bond acceptors (Lipinski definition) is 8. The molecule has 1 N–H and O–H groups in total. The monoisotopic (exact) mass is 581 g/mol. The second kappa shape index (κ2) is 14.5. The molecule has 3 heterocycles. The summed E-state index contributed by atoms with van der Waals surface area (Å²) in [5.74, 6) is 0.562. The normalized spacial score (nSPS) is 16.7. The van der Waals surface area contributed by atoms with Crippen LogP contribution in [-0.2, 0) is 19.1 Å².